The number of piperidine rings is 1. The highest BCUT2D eigenvalue weighted by Gasteiger charge is 2.32. The maximum Gasteiger partial charge on any atom is 0.262 e. The van der Waals surface area contributed by atoms with Gasteiger partial charge in [-0.15, -0.1) is 11.3 Å². The third-order valence-electron chi connectivity index (χ3n) is 6.37. The van der Waals surface area contributed by atoms with Crippen LogP contribution in [0.25, 0.3) is 0 Å². The lowest BCUT2D eigenvalue weighted by atomic mass is 10.0. The van der Waals surface area contributed by atoms with E-state index in [0.717, 1.165) is 38.3 Å². The van der Waals surface area contributed by atoms with E-state index in [0.29, 0.717) is 17.3 Å². The van der Waals surface area contributed by atoms with E-state index >= 15 is 0 Å². The number of carbonyl (C=O) groups is 2. The molecule has 1 aromatic heterocycles. The lowest BCUT2D eigenvalue weighted by Crippen LogP contribution is -2.58. The molecule has 0 saturated carbocycles. The van der Waals surface area contributed by atoms with Crippen LogP contribution < -0.4 is 5.32 Å². The monoisotopic (exact) mass is 440 g/mol. The number of nitrogens with one attached hydrogen (secondary N) is 1. The Morgan fingerprint density at radius 1 is 1.06 bits per heavy atom. The number of likely N-dealkylation sites (N-methyl/N-ethyl adjacent to an activating group) is 1. The van der Waals surface area contributed by atoms with Crippen molar-refractivity contribution in [1.82, 2.24) is 20.0 Å². The Bertz CT molecular complexity index is 850. The summed E-state index contributed by atoms with van der Waals surface area (Å²) in [4.78, 5) is 33.6. The Kier molecular flexibility index (Phi) is 7.37. The fourth-order valence-corrected chi connectivity index (χ4v) is 5.28. The largest absolute Gasteiger partial charge is 0.339 e. The van der Waals surface area contributed by atoms with Gasteiger partial charge in [-0.2, -0.15) is 0 Å². The van der Waals surface area contributed by atoms with E-state index in [-0.39, 0.29) is 11.8 Å². The van der Waals surface area contributed by atoms with Gasteiger partial charge in [0.2, 0.25) is 5.91 Å². The van der Waals surface area contributed by atoms with Crippen molar-refractivity contribution in [2.75, 3.05) is 46.3 Å². The van der Waals surface area contributed by atoms with Gasteiger partial charge in [-0.1, -0.05) is 36.4 Å². The van der Waals surface area contributed by atoms with Crippen LogP contribution in [0.1, 0.15) is 28.1 Å². The summed E-state index contributed by atoms with van der Waals surface area (Å²) in [6, 6.07) is 13.6. The van der Waals surface area contributed by atoms with Gasteiger partial charge in [0.25, 0.3) is 5.91 Å². The van der Waals surface area contributed by atoms with Crippen LogP contribution in [0.3, 0.4) is 0 Å². The van der Waals surface area contributed by atoms with Gasteiger partial charge in [-0.3, -0.25) is 14.5 Å². The molecule has 7 heteroatoms. The van der Waals surface area contributed by atoms with Gasteiger partial charge in [-0.05, 0) is 43.4 Å². The molecule has 166 valence electrons. The molecule has 0 bridgehead atoms. The third kappa shape index (κ3) is 5.73. The van der Waals surface area contributed by atoms with E-state index < -0.39 is 6.04 Å². The zero-order valence-electron chi connectivity index (χ0n) is 18.2. The van der Waals surface area contributed by atoms with E-state index in [2.05, 4.69) is 22.2 Å². The zero-order chi connectivity index (χ0) is 21.6. The second kappa shape index (κ2) is 10.4. The highest BCUT2D eigenvalue weighted by molar-refractivity contribution is 7.12. The average molecular weight is 441 g/mol. The normalized spacial score (nSPS) is 21.6. The molecule has 6 nitrogen and oxygen atoms in total. The molecule has 2 amide bonds. The summed E-state index contributed by atoms with van der Waals surface area (Å²) < 4.78 is 0. The summed E-state index contributed by atoms with van der Waals surface area (Å²) in [6.45, 7) is 5.54. The lowest BCUT2D eigenvalue weighted by molar-refractivity contribution is -0.135. The van der Waals surface area contributed by atoms with Crippen LogP contribution in [-0.4, -0.2) is 84.9 Å². The average Bonchev–Trinajstić information content (AvgIpc) is 3.34. The molecular formula is C24H32N4O2S. The maximum atomic E-state index is 13.4. The number of hydrogen-bond acceptors (Lipinski definition) is 5. The van der Waals surface area contributed by atoms with Gasteiger partial charge >= 0.3 is 0 Å². The number of benzene rings is 1. The molecular weight excluding hydrogens is 408 g/mol. The van der Waals surface area contributed by atoms with Crippen molar-refractivity contribution >= 4 is 23.2 Å². The van der Waals surface area contributed by atoms with E-state index in [1.807, 2.05) is 46.7 Å². The van der Waals surface area contributed by atoms with E-state index in [1.165, 1.54) is 30.7 Å². The molecule has 2 fully saturated rings. The molecule has 2 unspecified atom stereocenters. The fraction of sp³-hybridized carbons (Fsp3) is 0.500. The first-order valence-electron chi connectivity index (χ1n) is 11.2. The number of hydrogen-bond donors (Lipinski definition) is 1. The Labute approximate surface area is 188 Å². The summed E-state index contributed by atoms with van der Waals surface area (Å²) in [5.74, 6) is -0.151. The number of rotatable bonds is 6. The summed E-state index contributed by atoms with van der Waals surface area (Å²) in [6.07, 6.45) is 2.99. The van der Waals surface area contributed by atoms with E-state index in [1.54, 1.807) is 6.07 Å². The Hall–Kier alpha value is -2.22. The zero-order valence-corrected chi connectivity index (χ0v) is 19.0. The second-order valence-electron chi connectivity index (χ2n) is 8.61. The predicted octanol–water partition coefficient (Wildman–Crippen LogP) is 2.33. The van der Waals surface area contributed by atoms with Gasteiger partial charge in [0.15, 0.2) is 0 Å². The van der Waals surface area contributed by atoms with Crippen LogP contribution in [0, 0.1) is 0 Å². The first-order chi connectivity index (χ1) is 15.1. The van der Waals surface area contributed by atoms with E-state index in [4.69, 9.17) is 0 Å². The number of amides is 2. The summed E-state index contributed by atoms with van der Waals surface area (Å²) in [5.41, 5.74) is 1.05. The molecule has 2 atom stereocenters. The number of piperazine rings is 1. The topological polar surface area (TPSA) is 55.9 Å². The highest BCUT2D eigenvalue weighted by Crippen LogP contribution is 2.18. The van der Waals surface area contributed by atoms with Gasteiger partial charge in [-0.25, -0.2) is 0 Å². The molecule has 2 aliphatic rings. The Morgan fingerprint density at radius 2 is 1.84 bits per heavy atom. The first-order valence-corrected chi connectivity index (χ1v) is 12.1. The van der Waals surface area contributed by atoms with Crippen molar-refractivity contribution in [2.24, 2.45) is 0 Å². The Balaban J connectivity index is 1.40. The molecule has 2 aromatic rings. The molecule has 0 spiro atoms. The van der Waals surface area contributed by atoms with Crippen LogP contribution in [-0.2, 0) is 11.2 Å². The fourth-order valence-electron chi connectivity index (χ4n) is 4.65. The quantitative estimate of drug-likeness (QED) is 0.749. The van der Waals surface area contributed by atoms with E-state index in [9.17, 15) is 9.59 Å². The first kappa shape index (κ1) is 22.0. The SMILES string of the molecule is CN1CCCC(N2CCN(C(=O)C(Cc3ccccc3)NC(=O)c3cccs3)CC2)C1. The van der Waals surface area contributed by atoms with Gasteiger partial charge in [0.05, 0.1) is 4.88 Å². The van der Waals surface area contributed by atoms with Crippen molar-refractivity contribution in [3.05, 3.63) is 58.3 Å². The molecule has 2 aliphatic heterocycles. The third-order valence-corrected chi connectivity index (χ3v) is 7.24. The molecule has 1 aromatic carbocycles. The summed E-state index contributed by atoms with van der Waals surface area (Å²) in [5, 5.41) is 4.89. The van der Waals surface area contributed by atoms with Crippen LogP contribution in [0.15, 0.2) is 47.8 Å². The van der Waals surface area contributed by atoms with Crippen molar-refractivity contribution < 1.29 is 9.59 Å². The number of carbonyl (C=O) groups excluding carboxylic acids is 2. The number of likely N-dealkylation sites (tertiary alicyclic amines) is 1. The van der Waals surface area contributed by atoms with Crippen LogP contribution >= 0.6 is 11.3 Å². The molecule has 2 saturated heterocycles. The Morgan fingerprint density at radius 3 is 2.52 bits per heavy atom. The second-order valence-corrected chi connectivity index (χ2v) is 9.56. The molecule has 0 aliphatic carbocycles. The van der Waals surface area contributed by atoms with Crippen LogP contribution in [0.5, 0.6) is 0 Å². The van der Waals surface area contributed by atoms with Gasteiger partial charge in [0, 0.05) is 45.2 Å². The smallest absolute Gasteiger partial charge is 0.262 e. The number of nitrogens with zero attached hydrogens (tertiary/aromatic N) is 3. The van der Waals surface area contributed by atoms with Crippen molar-refractivity contribution in [3.8, 4) is 0 Å². The van der Waals surface area contributed by atoms with Crippen LogP contribution in [0.2, 0.25) is 0 Å². The van der Waals surface area contributed by atoms with Gasteiger partial charge < -0.3 is 15.1 Å². The standard InChI is InChI=1S/C24H32N4O2S/c1-26-11-5-9-20(18-26)27-12-14-28(15-13-27)24(30)21(17-19-7-3-2-4-8-19)25-23(29)22-10-6-16-31-22/h2-4,6-8,10,16,20-21H,5,9,11-15,17-18H2,1H3,(H,25,29). The van der Waals surface area contributed by atoms with Crippen molar-refractivity contribution in [2.45, 2.75) is 31.3 Å². The van der Waals surface area contributed by atoms with Crippen LogP contribution in [0.4, 0.5) is 0 Å². The summed E-state index contributed by atoms with van der Waals surface area (Å²) in [7, 11) is 2.19. The molecule has 4 rings (SSSR count). The predicted molar refractivity (Wildman–Crippen MR) is 124 cm³/mol. The van der Waals surface area contributed by atoms with Crippen molar-refractivity contribution in [3.63, 3.8) is 0 Å². The summed E-state index contributed by atoms with van der Waals surface area (Å²) >= 11 is 1.40. The maximum absolute atomic E-state index is 13.4. The minimum Gasteiger partial charge on any atom is -0.339 e. The minimum absolute atomic E-state index is 0.0224. The highest BCUT2D eigenvalue weighted by atomic mass is 32.1. The molecule has 0 radical (unpaired) electrons. The molecule has 3 heterocycles. The molecule has 1 N–H and O–H groups in total. The molecule has 31 heavy (non-hydrogen) atoms. The minimum atomic E-state index is -0.552. The number of thiophene rings is 1. The van der Waals surface area contributed by atoms with Gasteiger partial charge in [0.1, 0.15) is 6.04 Å². The lowest BCUT2D eigenvalue weighted by Gasteiger charge is -2.43. The van der Waals surface area contributed by atoms with Crippen molar-refractivity contribution in [1.29, 1.82) is 0 Å².